The summed E-state index contributed by atoms with van der Waals surface area (Å²) in [5.41, 5.74) is 6.94. The Hall–Kier alpha value is -1.47. The standard InChI is InChI=1S/C22H42N6O6SSi2/c1-21(2,3)36(7,8)33-16-14(11-31-35(24,29)30)32-20(17(16)34-37(9,10)22(4,5)6)28-13-27-15-18(23)25-12-26-19(15)28/h12-14,16-17,20H,11H2,1-10H3,(H2,23,25,26)(H2,24,29,30)/t14-,16-,17-,20-/m1/s1. The summed E-state index contributed by atoms with van der Waals surface area (Å²) in [4.78, 5) is 12.8. The van der Waals surface area contributed by atoms with Crippen molar-refractivity contribution in [2.45, 2.75) is 102 Å². The van der Waals surface area contributed by atoms with E-state index >= 15 is 0 Å². The van der Waals surface area contributed by atoms with E-state index in [1.54, 1.807) is 10.9 Å². The van der Waals surface area contributed by atoms with E-state index < -0.39 is 51.5 Å². The zero-order valence-corrected chi connectivity index (χ0v) is 26.3. The van der Waals surface area contributed by atoms with E-state index in [1.165, 1.54) is 6.33 Å². The average molecular weight is 575 g/mol. The smallest absolute Gasteiger partial charge is 0.333 e. The number of nitrogens with zero attached hydrogens (tertiary/aromatic N) is 4. The fourth-order valence-electron chi connectivity index (χ4n) is 3.59. The van der Waals surface area contributed by atoms with Crippen LogP contribution in [0.1, 0.15) is 47.8 Å². The normalized spacial score (nSPS) is 24.2. The first-order valence-electron chi connectivity index (χ1n) is 12.3. The summed E-state index contributed by atoms with van der Waals surface area (Å²) < 4.78 is 50.5. The van der Waals surface area contributed by atoms with E-state index in [0.29, 0.717) is 11.2 Å². The summed E-state index contributed by atoms with van der Waals surface area (Å²) in [6, 6.07) is 0. The summed E-state index contributed by atoms with van der Waals surface area (Å²) in [5, 5.41) is 4.92. The van der Waals surface area contributed by atoms with Gasteiger partial charge < -0.3 is 19.3 Å². The number of hydrogen-bond donors (Lipinski definition) is 2. The molecular formula is C22H42N6O6SSi2. The van der Waals surface area contributed by atoms with Gasteiger partial charge >= 0.3 is 10.3 Å². The highest BCUT2D eigenvalue weighted by Gasteiger charge is 2.54. The molecule has 1 fully saturated rings. The Bertz CT molecular complexity index is 1220. The first-order valence-corrected chi connectivity index (χ1v) is 19.5. The molecule has 12 nitrogen and oxygen atoms in total. The molecule has 0 amide bonds. The van der Waals surface area contributed by atoms with Crippen molar-refractivity contribution in [3.8, 4) is 0 Å². The molecule has 0 bridgehead atoms. The van der Waals surface area contributed by atoms with Gasteiger partial charge in [0.15, 0.2) is 34.3 Å². The summed E-state index contributed by atoms with van der Waals surface area (Å²) >= 11 is 0. The van der Waals surface area contributed by atoms with Gasteiger partial charge in [-0.15, -0.1) is 0 Å². The van der Waals surface area contributed by atoms with Crippen LogP contribution < -0.4 is 10.9 Å². The van der Waals surface area contributed by atoms with Gasteiger partial charge in [0.2, 0.25) is 0 Å². The fourth-order valence-corrected chi connectivity index (χ4v) is 6.51. The van der Waals surface area contributed by atoms with Crippen molar-refractivity contribution in [3.05, 3.63) is 12.7 Å². The van der Waals surface area contributed by atoms with Crippen molar-refractivity contribution in [2.75, 3.05) is 12.3 Å². The molecule has 15 heteroatoms. The van der Waals surface area contributed by atoms with Gasteiger partial charge in [0, 0.05) is 0 Å². The molecule has 1 saturated heterocycles. The molecule has 4 N–H and O–H groups in total. The highest BCUT2D eigenvalue weighted by atomic mass is 32.2. The second-order valence-corrected chi connectivity index (χ2v) is 23.3. The molecule has 0 radical (unpaired) electrons. The van der Waals surface area contributed by atoms with Crippen LogP contribution in [0.5, 0.6) is 0 Å². The van der Waals surface area contributed by atoms with Crippen LogP contribution in [0.15, 0.2) is 12.7 Å². The van der Waals surface area contributed by atoms with Gasteiger partial charge in [-0.1, -0.05) is 41.5 Å². The Morgan fingerprint density at radius 1 is 0.973 bits per heavy atom. The molecule has 0 spiro atoms. The molecular weight excluding hydrogens is 533 g/mol. The number of aromatic nitrogens is 4. The van der Waals surface area contributed by atoms with E-state index in [0.717, 1.165) is 0 Å². The number of imidazole rings is 1. The van der Waals surface area contributed by atoms with Crippen molar-refractivity contribution < 1.29 is 26.2 Å². The molecule has 37 heavy (non-hydrogen) atoms. The zero-order valence-electron chi connectivity index (χ0n) is 23.5. The van der Waals surface area contributed by atoms with E-state index in [9.17, 15) is 8.42 Å². The van der Waals surface area contributed by atoms with Crippen LogP contribution in [0.4, 0.5) is 5.82 Å². The Labute approximate surface area is 222 Å². The molecule has 3 rings (SSSR count). The van der Waals surface area contributed by atoms with Crippen LogP contribution in [0, 0.1) is 0 Å². The number of rotatable bonds is 8. The van der Waals surface area contributed by atoms with Gasteiger partial charge in [0.25, 0.3) is 0 Å². The van der Waals surface area contributed by atoms with Crippen LogP contribution in [0.25, 0.3) is 11.2 Å². The molecule has 4 atom stereocenters. The predicted octanol–water partition coefficient (Wildman–Crippen LogP) is 3.31. The molecule has 0 aromatic carbocycles. The fraction of sp³-hybridized carbons (Fsp3) is 0.773. The Morgan fingerprint density at radius 2 is 1.51 bits per heavy atom. The maximum Gasteiger partial charge on any atom is 0.333 e. The molecule has 3 heterocycles. The lowest BCUT2D eigenvalue weighted by molar-refractivity contribution is -0.0445. The maximum atomic E-state index is 11.7. The third-order valence-corrected chi connectivity index (χ3v) is 17.2. The van der Waals surface area contributed by atoms with Crippen molar-refractivity contribution in [3.63, 3.8) is 0 Å². The van der Waals surface area contributed by atoms with Gasteiger partial charge in [0.1, 0.15) is 30.2 Å². The van der Waals surface area contributed by atoms with E-state index in [2.05, 4.69) is 82.7 Å². The van der Waals surface area contributed by atoms with Gasteiger partial charge in [-0.2, -0.15) is 8.42 Å². The maximum absolute atomic E-state index is 11.7. The van der Waals surface area contributed by atoms with E-state index in [1.807, 2.05) is 0 Å². The Balaban J connectivity index is 2.15. The van der Waals surface area contributed by atoms with Crippen molar-refractivity contribution in [1.29, 1.82) is 0 Å². The number of nitrogen functional groups attached to an aromatic ring is 1. The van der Waals surface area contributed by atoms with Gasteiger partial charge in [-0.05, 0) is 36.3 Å². The van der Waals surface area contributed by atoms with Crippen LogP contribution in [0.2, 0.25) is 36.3 Å². The van der Waals surface area contributed by atoms with Crippen LogP contribution >= 0.6 is 0 Å². The molecule has 210 valence electrons. The van der Waals surface area contributed by atoms with Crippen LogP contribution in [-0.2, 0) is 28.1 Å². The highest BCUT2D eigenvalue weighted by molar-refractivity contribution is 7.84. The third-order valence-electron chi connectivity index (χ3n) is 7.82. The second-order valence-electron chi connectivity index (χ2n) is 12.6. The van der Waals surface area contributed by atoms with Gasteiger partial charge in [0.05, 0.1) is 12.9 Å². The summed E-state index contributed by atoms with van der Waals surface area (Å²) in [7, 11) is -8.96. The molecule has 2 aromatic heterocycles. The highest BCUT2D eigenvalue weighted by Crippen LogP contribution is 2.46. The third kappa shape index (κ3) is 6.41. The lowest BCUT2D eigenvalue weighted by Gasteiger charge is -2.44. The summed E-state index contributed by atoms with van der Waals surface area (Å²) in [6.07, 6.45) is 0.159. The number of nitrogens with two attached hydrogens (primary N) is 2. The number of ether oxygens (including phenoxy) is 1. The first kappa shape index (κ1) is 30.1. The van der Waals surface area contributed by atoms with Crippen LogP contribution in [-0.4, -0.2) is 69.5 Å². The minimum absolute atomic E-state index is 0.113. The SMILES string of the molecule is CC(C)(C)[Si](C)(C)O[C@@H]1[C@H](O[Si](C)(C)C(C)(C)C)[C@@H](COS(N)(=O)=O)O[C@H]1n1cnc2c(N)ncnc21. The molecule has 2 aromatic rings. The minimum Gasteiger partial charge on any atom is -0.408 e. The summed E-state index contributed by atoms with van der Waals surface area (Å²) in [6.45, 7) is 21.1. The second kappa shape index (κ2) is 9.93. The molecule has 0 aliphatic carbocycles. The molecule has 1 aliphatic rings. The lowest BCUT2D eigenvalue weighted by Crippen LogP contribution is -2.54. The lowest BCUT2D eigenvalue weighted by atomic mass is 10.1. The molecule has 1 aliphatic heterocycles. The number of hydrogen-bond acceptors (Lipinski definition) is 10. The number of anilines is 1. The Morgan fingerprint density at radius 3 is 2.03 bits per heavy atom. The van der Waals surface area contributed by atoms with Crippen molar-refractivity contribution >= 4 is 43.9 Å². The number of fused-ring (bicyclic) bond motifs is 1. The van der Waals surface area contributed by atoms with Crippen molar-refractivity contribution in [1.82, 2.24) is 19.5 Å². The average Bonchev–Trinajstić information content (AvgIpc) is 3.27. The molecule has 0 saturated carbocycles. The van der Waals surface area contributed by atoms with E-state index in [4.69, 9.17) is 28.6 Å². The Kier molecular flexibility index (Phi) is 8.07. The minimum atomic E-state index is -4.21. The van der Waals surface area contributed by atoms with Gasteiger partial charge in [-0.25, -0.2) is 20.1 Å². The van der Waals surface area contributed by atoms with E-state index in [-0.39, 0.29) is 22.5 Å². The predicted molar refractivity (Wildman–Crippen MR) is 147 cm³/mol. The monoisotopic (exact) mass is 574 g/mol. The summed E-state index contributed by atoms with van der Waals surface area (Å²) in [5.74, 6) is 0.242. The topological polar surface area (TPSA) is 167 Å². The first-order chi connectivity index (χ1) is 16.6. The van der Waals surface area contributed by atoms with Crippen molar-refractivity contribution in [2.24, 2.45) is 5.14 Å². The zero-order chi connectivity index (χ0) is 28.2. The van der Waals surface area contributed by atoms with Gasteiger partial charge in [-0.3, -0.25) is 8.75 Å². The van der Waals surface area contributed by atoms with Crippen LogP contribution in [0.3, 0.4) is 0 Å². The quantitative estimate of drug-likeness (QED) is 0.446. The largest absolute Gasteiger partial charge is 0.408 e. The molecule has 0 unspecified atom stereocenters.